The van der Waals surface area contributed by atoms with Crippen LogP contribution in [0.2, 0.25) is 0 Å². The van der Waals surface area contributed by atoms with Crippen molar-refractivity contribution >= 4 is 57.7 Å². The largest absolute Gasteiger partial charge is 0.505 e. The number of hydrogen-bond donors (Lipinski definition) is 6. The maximum atomic E-state index is 13.9. The summed E-state index contributed by atoms with van der Waals surface area (Å²) in [6.07, 6.45) is -1.80. The molecule has 1 aromatic rings. The average Bonchev–Trinajstić information content (AvgIpc) is 2.79. The number of ketones is 4. The van der Waals surface area contributed by atoms with Crippen LogP contribution in [0.25, 0.3) is 0 Å². The molecular formula is C24H29N5O8S. The summed E-state index contributed by atoms with van der Waals surface area (Å²) in [4.78, 5) is 69.3. The number of nitrogens with zero attached hydrogens (tertiary/aromatic N) is 2. The van der Waals surface area contributed by atoms with Crippen LogP contribution in [0.3, 0.4) is 0 Å². The van der Waals surface area contributed by atoms with Gasteiger partial charge in [-0.15, -0.1) is 0 Å². The van der Waals surface area contributed by atoms with E-state index in [4.69, 9.17) is 23.7 Å². The van der Waals surface area contributed by atoms with Gasteiger partial charge >= 0.3 is 0 Å². The van der Waals surface area contributed by atoms with Gasteiger partial charge in [0.15, 0.2) is 39.8 Å². The van der Waals surface area contributed by atoms with E-state index in [1.54, 1.807) is 19.0 Å². The van der Waals surface area contributed by atoms with Crippen LogP contribution in [-0.4, -0.2) is 100 Å². The van der Waals surface area contributed by atoms with Crippen LogP contribution < -0.4 is 21.7 Å². The molecular weight excluding hydrogens is 518 g/mol. The van der Waals surface area contributed by atoms with Crippen LogP contribution in [0.5, 0.6) is 5.75 Å². The fourth-order valence-electron chi connectivity index (χ4n) is 6.29. The lowest BCUT2D eigenvalue weighted by Gasteiger charge is -2.54. The highest BCUT2D eigenvalue weighted by Gasteiger charge is 2.72. The van der Waals surface area contributed by atoms with E-state index >= 15 is 0 Å². The van der Waals surface area contributed by atoms with Gasteiger partial charge in [0, 0.05) is 25.7 Å². The third-order valence-corrected chi connectivity index (χ3v) is 7.96. The number of likely N-dealkylation sites (N-methyl/N-ethyl adjacent to an activating group) is 1. The van der Waals surface area contributed by atoms with Crippen LogP contribution in [-0.2, 0) is 25.6 Å². The Morgan fingerprint density at radius 1 is 1.13 bits per heavy atom. The Hall–Kier alpha value is -3.46. The number of aliphatic hydroxyl groups is 2. The number of aromatic hydroxyl groups is 1. The van der Waals surface area contributed by atoms with E-state index in [0.717, 1.165) is 0 Å². The summed E-state index contributed by atoms with van der Waals surface area (Å²) in [7, 11) is 6.22. The lowest BCUT2D eigenvalue weighted by Crippen LogP contribution is -2.77. The molecule has 0 aliphatic heterocycles. The lowest BCUT2D eigenvalue weighted by atomic mass is 9.51. The van der Waals surface area contributed by atoms with Crippen molar-refractivity contribution in [3.63, 3.8) is 0 Å². The Labute approximate surface area is 222 Å². The average molecular weight is 548 g/mol. The van der Waals surface area contributed by atoms with Gasteiger partial charge in [0.25, 0.3) is 0 Å². The zero-order valence-electron chi connectivity index (χ0n) is 21.1. The summed E-state index contributed by atoms with van der Waals surface area (Å²) < 4.78 is 0. The predicted octanol–water partition coefficient (Wildman–Crippen LogP) is -2.44. The quantitative estimate of drug-likeness (QED) is 0.131. The number of primary amides is 1. The van der Waals surface area contributed by atoms with Crippen LogP contribution in [0.4, 0.5) is 11.4 Å². The van der Waals surface area contributed by atoms with Crippen molar-refractivity contribution in [2.45, 2.75) is 24.2 Å². The number of nitrogens with two attached hydrogens (primary N) is 2. The van der Waals surface area contributed by atoms with Gasteiger partial charge in [0.05, 0.1) is 35.2 Å². The van der Waals surface area contributed by atoms with Gasteiger partial charge in [-0.2, -0.15) is 0 Å². The first-order valence-corrected chi connectivity index (χ1v) is 12.1. The second-order valence-electron chi connectivity index (χ2n) is 10.4. The third kappa shape index (κ3) is 3.62. The fraction of sp³-hybridized carbons (Fsp3) is 0.500. The number of anilines is 2. The topological polar surface area (TPSA) is 217 Å². The number of carbonyl (C=O) groups is 5. The zero-order chi connectivity index (χ0) is 28.6. The molecule has 14 heteroatoms. The van der Waals surface area contributed by atoms with Crippen molar-refractivity contribution in [1.29, 1.82) is 0 Å². The summed E-state index contributed by atoms with van der Waals surface area (Å²) in [5.74, 6) is -13.2. The van der Waals surface area contributed by atoms with E-state index in [9.17, 15) is 39.3 Å². The number of amides is 1. The van der Waals surface area contributed by atoms with Crippen molar-refractivity contribution in [1.82, 2.24) is 4.90 Å². The van der Waals surface area contributed by atoms with Gasteiger partial charge in [0.2, 0.25) is 5.91 Å². The van der Waals surface area contributed by atoms with Gasteiger partial charge in [-0.25, -0.2) is 0 Å². The van der Waals surface area contributed by atoms with Gasteiger partial charge in [-0.05, 0) is 44.4 Å². The van der Waals surface area contributed by atoms with Crippen LogP contribution in [0, 0.1) is 23.7 Å². The molecule has 38 heavy (non-hydrogen) atoms. The molecule has 8 N–H and O–H groups in total. The monoisotopic (exact) mass is 547 g/mol. The minimum absolute atomic E-state index is 0.00653. The predicted molar refractivity (Wildman–Crippen MR) is 137 cm³/mol. The number of aliphatic hydroxyl groups excluding tert-OH is 1. The minimum Gasteiger partial charge on any atom is -0.505 e. The molecule has 4 rings (SSSR count). The number of benzene rings is 1. The molecule has 0 heterocycles. The number of thiocarbonyl (C=S) groups is 1. The van der Waals surface area contributed by atoms with E-state index in [1.807, 2.05) is 0 Å². The smallest absolute Gasteiger partial charge is 0.235 e. The zero-order valence-corrected chi connectivity index (χ0v) is 21.9. The van der Waals surface area contributed by atoms with E-state index in [-0.39, 0.29) is 22.8 Å². The molecule has 0 bridgehead atoms. The first kappa shape index (κ1) is 27.6. The number of carbonyl (C=O) groups excluding carboxylic acids is 5. The number of fused-ring (bicyclic) bond motifs is 3. The summed E-state index contributed by atoms with van der Waals surface area (Å²) in [6, 6.07) is 0.0765. The molecule has 0 radical (unpaired) electrons. The fourth-order valence-corrected chi connectivity index (χ4v) is 6.40. The van der Waals surface area contributed by atoms with Crippen molar-refractivity contribution < 1.29 is 39.3 Å². The summed E-state index contributed by atoms with van der Waals surface area (Å²) >= 11 is 4.85. The summed E-state index contributed by atoms with van der Waals surface area (Å²) in [5, 5.41) is 36.5. The number of rotatable bonds is 4. The Bertz CT molecular complexity index is 1310. The normalized spacial score (nSPS) is 32.4. The number of phenols is 1. The molecule has 1 amide bonds. The third-order valence-electron chi connectivity index (χ3n) is 7.86. The van der Waals surface area contributed by atoms with Crippen molar-refractivity contribution in [2.75, 3.05) is 38.4 Å². The van der Waals surface area contributed by atoms with Crippen molar-refractivity contribution in [3.8, 4) is 5.75 Å². The molecule has 204 valence electrons. The molecule has 2 fully saturated rings. The summed E-state index contributed by atoms with van der Waals surface area (Å²) in [6.45, 7) is 0. The van der Waals surface area contributed by atoms with Crippen LogP contribution >= 0.6 is 12.2 Å². The molecule has 0 saturated heterocycles. The standard InChI is InChI=1S/C24H29N5O8S/c1-28(2)10-6-9(27-23(26)38)17(31)11-7(10)5-8-12(18(11)32)20(34)24(37)14(16(8)30)15(29(3)4)19(33)13(21(24)35)22(25)36/h6,8,12-16,30-31,37H,5H2,1-4H3,(H2,25,36)(H3,26,27,38)/t8?,12?,13?,14?,15-,16-,24-/m0/s1. The maximum Gasteiger partial charge on any atom is 0.235 e. The van der Waals surface area contributed by atoms with Gasteiger partial charge in [0.1, 0.15) is 5.75 Å². The Morgan fingerprint density at radius 2 is 1.74 bits per heavy atom. The SMILES string of the molecule is CN(C)c1cc(NC(N)=S)c(O)c2c1CC1C(C2=O)C(=O)[C@]2(O)C(=O)C(C(N)=O)C(=O)[C@@H](N(C)C)C2[C@H]1O. The number of nitrogens with one attached hydrogen (secondary N) is 1. The maximum absolute atomic E-state index is 13.9. The Morgan fingerprint density at radius 3 is 2.24 bits per heavy atom. The molecule has 0 spiro atoms. The van der Waals surface area contributed by atoms with E-state index in [2.05, 4.69) is 5.32 Å². The van der Waals surface area contributed by atoms with Gasteiger partial charge in [-0.1, -0.05) is 0 Å². The van der Waals surface area contributed by atoms with Crippen molar-refractivity contribution in [2.24, 2.45) is 35.1 Å². The minimum atomic E-state index is -3.05. The first-order chi connectivity index (χ1) is 17.6. The number of hydrogen-bond acceptors (Lipinski definition) is 11. The molecule has 4 unspecified atom stereocenters. The highest BCUT2D eigenvalue weighted by molar-refractivity contribution is 7.80. The molecule has 2 saturated carbocycles. The molecule has 3 aliphatic carbocycles. The highest BCUT2D eigenvalue weighted by atomic mass is 32.1. The van der Waals surface area contributed by atoms with Crippen LogP contribution in [0.15, 0.2) is 6.07 Å². The van der Waals surface area contributed by atoms with Gasteiger partial charge in [-0.3, -0.25) is 28.9 Å². The lowest BCUT2D eigenvalue weighted by molar-refractivity contribution is -0.195. The highest BCUT2D eigenvalue weighted by Crippen LogP contribution is 2.52. The van der Waals surface area contributed by atoms with E-state index < -0.39 is 76.2 Å². The first-order valence-electron chi connectivity index (χ1n) is 11.7. The van der Waals surface area contributed by atoms with E-state index in [1.165, 1.54) is 25.1 Å². The Balaban J connectivity index is 1.96. The van der Waals surface area contributed by atoms with Gasteiger partial charge < -0.3 is 37.0 Å². The van der Waals surface area contributed by atoms with Crippen molar-refractivity contribution in [3.05, 3.63) is 17.2 Å². The molecule has 7 atom stereocenters. The number of phenolic OH excluding ortho intramolecular Hbond substituents is 1. The molecule has 1 aromatic carbocycles. The van der Waals surface area contributed by atoms with E-state index in [0.29, 0.717) is 11.3 Å². The molecule has 0 aromatic heterocycles. The second kappa shape index (κ2) is 9.08. The number of Topliss-reactive ketones (excluding diaryl/α,β-unsaturated/α-hetero) is 4. The Kier molecular flexibility index (Phi) is 6.59. The second-order valence-corrected chi connectivity index (χ2v) is 10.8. The summed E-state index contributed by atoms with van der Waals surface area (Å²) in [5.41, 5.74) is 8.31. The molecule has 13 nitrogen and oxygen atoms in total. The van der Waals surface area contributed by atoms with Crippen LogP contribution in [0.1, 0.15) is 15.9 Å². The molecule has 3 aliphatic rings.